The van der Waals surface area contributed by atoms with Gasteiger partial charge in [-0.15, -0.1) is 0 Å². The lowest BCUT2D eigenvalue weighted by molar-refractivity contribution is -0.151. The minimum atomic E-state index is -1.19. The molecule has 1 aliphatic carbocycles. The van der Waals surface area contributed by atoms with Crippen molar-refractivity contribution >= 4 is 11.9 Å². The highest BCUT2D eigenvalue weighted by molar-refractivity contribution is 5.88. The average Bonchev–Trinajstić information content (AvgIpc) is 2.41. The number of hydrogen-bond acceptors (Lipinski definition) is 2. The Balaban J connectivity index is 2.10. The first-order chi connectivity index (χ1) is 9.94. The first-order valence-corrected chi connectivity index (χ1v) is 7.23. The number of aliphatic carboxylic acids is 1. The Morgan fingerprint density at radius 1 is 1.43 bits per heavy atom. The number of carboxylic acids is 1. The van der Waals surface area contributed by atoms with Crippen LogP contribution in [-0.2, 0) is 16.0 Å². The SMILES string of the molecule is CC1CCCCC1(NC(=O)Cc1cccc(F)c1)C(=O)O. The number of carbonyl (C=O) groups is 2. The van der Waals surface area contributed by atoms with E-state index in [1.54, 1.807) is 6.07 Å². The fourth-order valence-corrected chi connectivity index (χ4v) is 3.03. The third-order valence-electron chi connectivity index (χ3n) is 4.30. The summed E-state index contributed by atoms with van der Waals surface area (Å²) in [5, 5.41) is 12.2. The highest BCUT2D eigenvalue weighted by Gasteiger charge is 2.46. The molecular formula is C16H20FNO3. The molecule has 2 N–H and O–H groups in total. The molecule has 2 atom stereocenters. The smallest absolute Gasteiger partial charge is 0.329 e. The molecular weight excluding hydrogens is 273 g/mol. The largest absolute Gasteiger partial charge is 0.479 e. The molecule has 1 saturated carbocycles. The number of halogens is 1. The van der Waals surface area contributed by atoms with E-state index in [4.69, 9.17) is 0 Å². The number of carbonyl (C=O) groups excluding carboxylic acids is 1. The van der Waals surface area contributed by atoms with Crippen LogP contribution in [0.1, 0.15) is 38.2 Å². The molecule has 0 aromatic heterocycles. The van der Waals surface area contributed by atoms with Gasteiger partial charge >= 0.3 is 5.97 Å². The number of rotatable bonds is 4. The molecule has 0 aliphatic heterocycles. The van der Waals surface area contributed by atoms with Crippen LogP contribution in [0.4, 0.5) is 4.39 Å². The topological polar surface area (TPSA) is 66.4 Å². The van der Waals surface area contributed by atoms with E-state index >= 15 is 0 Å². The van der Waals surface area contributed by atoms with Crippen molar-refractivity contribution in [2.24, 2.45) is 5.92 Å². The second-order valence-corrected chi connectivity index (χ2v) is 5.78. The van der Waals surface area contributed by atoms with Crippen LogP contribution >= 0.6 is 0 Å². The van der Waals surface area contributed by atoms with E-state index < -0.39 is 17.3 Å². The minimum absolute atomic E-state index is 0.0144. The number of benzene rings is 1. The van der Waals surface area contributed by atoms with Crippen LogP contribution in [0.15, 0.2) is 24.3 Å². The van der Waals surface area contributed by atoms with Crippen molar-refractivity contribution in [1.29, 1.82) is 0 Å². The number of nitrogens with one attached hydrogen (secondary N) is 1. The molecule has 1 aliphatic rings. The Kier molecular flexibility index (Phi) is 4.60. The van der Waals surface area contributed by atoms with Crippen LogP contribution in [0.2, 0.25) is 0 Å². The zero-order chi connectivity index (χ0) is 15.5. The molecule has 1 fully saturated rings. The highest BCUT2D eigenvalue weighted by atomic mass is 19.1. The summed E-state index contributed by atoms with van der Waals surface area (Å²) in [5.74, 6) is -1.88. The zero-order valence-corrected chi connectivity index (χ0v) is 12.1. The van der Waals surface area contributed by atoms with Gasteiger partial charge in [0.25, 0.3) is 0 Å². The molecule has 4 nitrogen and oxygen atoms in total. The molecule has 0 saturated heterocycles. The van der Waals surface area contributed by atoms with Crippen molar-refractivity contribution in [2.45, 2.75) is 44.6 Å². The van der Waals surface area contributed by atoms with Crippen LogP contribution in [0.3, 0.4) is 0 Å². The lowest BCUT2D eigenvalue weighted by Gasteiger charge is -2.39. The molecule has 0 heterocycles. The Morgan fingerprint density at radius 3 is 2.81 bits per heavy atom. The van der Waals surface area contributed by atoms with Crippen LogP contribution in [0, 0.1) is 11.7 Å². The van der Waals surface area contributed by atoms with Gasteiger partial charge in [-0.25, -0.2) is 9.18 Å². The van der Waals surface area contributed by atoms with Crippen molar-refractivity contribution in [2.75, 3.05) is 0 Å². The molecule has 0 spiro atoms. The van der Waals surface area contributed by atoms with Gasteiger partial charge < -0.3 is 10.4 Å². The van der Waals surface area contributed by atoms with Crippen molar-refractivity contribution in [3.8, 4) is 0 Å². The third-order valence-corrected chi connectivity index (χ3v) is 4.30. The quantitative estimate of drug-likeness (QED) is 0.896. The molecule has 5 heteroatoms. The molecule has 2 rings (SSSR count). The summed E-state index contributed by atoms with van der Waals surface area (Å²) in [7, 11) is 0. The van der Waals surface area contributed by atoms with Crippen LogP contribution in [-0.4, -0.2) is 22.5 Å². The fraction of sp³-hybridized carbons (Fsp3) is 0.500. The number of hydrogen-bond donors (Lipinski definition) is 2. The van der Waals surface area contributed by atoms with Crippen LogP contribution in [0.5, 0.6) is 0 Å². The minimum Gasteiger partial charge on any atom is -0.479 e. The van der Waals surface area contributed by atoms with E-state index in [2.05, 4.69) is 5.32 Å². The zero-order valence-electron chi connectivity index (χ0n) is 12.1. The average molecular weight is 293 g/mol. The third kappa shape index (κ3) is 3.40. The lowest BCUT2D eigenvalue weighted by Crippen LogP contribution is -2.60. The van der Waals surface area contributed by atoms with Gasteiger partial charge in [0.1, 0.15) is 11.4 Å². The van der Waals surface area contributed by atoms with Gasteiger partial charge in [0, 0.05) is 0 Å². The Hall–Kier alpha value is -1.91. The van der Waals surface area contributed by atoms with E-state index in [0.717, 1.165) is 19.3 Å². The maximum Gasteiger partial charge on any atom is 0.329 e. The predicted molar refractivity (Wildman–Crippen MR) is 76.2 cm³/mol. The van der Waals surface area contributed by atoms with E-state index in [1.807, 2.05) is 6.92 Å². The van der Waals surface area contributed by atoms with Gasteiger partial charge in [0.15, 0.2) is 0 Å². The first-order valence-electron chi connectivity index (χ1n) is 7.23. The maximum atomic E-state index is 13.1. The summed E-state index contributed by atoms with van der Waals surface area (Å²) in [6.45, 7) is 1.86. The van der Waals surface area contributed by atoms with Crippen molar-refractivity contribution in [1.82, 2.24) is 5.32 Å². The molecule has 0 radical (unpaired) electrons. The molecule has 21 heavy (non-hydrogen) atoms. The van der Waals surface area contributed by atoms with Gasteiger partial charge in [0.05, 0.1) is 6.42 Å². The van der Waals surface area contributed by atoms with Gasteiger partial charge in [0.2, 0.25) is 5.91 Å². The second-order valence-electron chi connectivity index (χ2n) is 5.78. The molecule has 2 unspecified atom stereocenters. The molecule has 1 aromatic rings. The van der Waals surface area contributed by atoms with Crippen molar-refractivity contribution in [3.05, 3.63) is 35.6 Å². The Morgan fingerprint density at radius 2 is 2.19 bits per heavy atom. The van der Waals surface area contributed by atoms with Gasteiger partial charge in [-0.1, -0.05) is 31.9 Å². The molecule has 1 amide bonds. The normalized spacial score (nSPS) is 25.3. The van der Waals surface area contributed by atoms with E-state index in [0.29, 0.717) is 12.0 Å². The summed E-state index contributed by atoms with van der Waals surface area (Å²) in [5.41, 5.74) is -0.653. The van der Waals surface area contributed by atoms with E-state index in [9.17, 15) is 19.1 Å². The Labute approximate surface area is 123 Å². The van der Waals surface area contributed by atoms with Gasteiger partial charge in [-0.05, 0) is 36.5 Å². The van der Waals surface area contributed by atoms with Gasteiger partial charge in [-0.3, -0.25) is 4.79 Å². The molecule has 1 aromatic carbocycles. The Bertz CT molecular complexity index is 546. The predicted octanol–water partition coefficient (Wildman–Crippen LogP) is 2.52. The maximum absolute atomic E-state index is 13.1. The summed E-state index contributed by atoms with van der Waals surface area (Å²) >= 11 is 0. The van der Waals surface area contributed by atoms with Crippen molar-refractivity contribution in [3.63, 3.8) is 0 Å². The van der Waals surface area contributed by atoms with Crippen molar-refractivity contribution < 1.29 is 19.1 Å². The first kappa shape index (κ1) is 15.5. The van der Waals surface area contributed by atoms with E-state index in [-0.39, 0.29) is 18.2 Å². The van der Waals surface area contributed by atoms with Crippen LogP contribution in [0.25, 0.3) is 0 Å². The summed E-state index contributed by atoms with van der Waals surface area (Å²) in [6, 6.07) is 5.79. The number of amides is 1. The standard InChI is InChI=1S/C16H20FNO3/c1-11-5-2-3-8-16(11,15(20)21)18-14(19)10-12-6-4-7-13(17)9-12/h4,6-7,9,11H,2-3,5,8,10H2,1H3,(H,18,19)(H,20,21). The summed E-state index contributed by atoms with van der Waals surface area (Å²) in [6.07, 6.45) is 2.98. The number of carboxylic acid groups (broad SMARTS) is 1. The lowest BCUT2D eigenvalue weighted by atomic mass is 9.73. The van der Waals surface area contributed by atoms with Crippen LogP contribution < -0.4 is 5.32 Å². The van der Waals surface area contributed by atoms with E-state index in [1.165, 1.54) is 18.2 Å². The fourth-order valence-electron chi connectivity index (χ4n) is 3.03. The molecule has 114 valence electrons. The highest BCUT2D eigenvalue weighted by Crippen LogP contribution is 2.34. The molecule has 0 bridgehead atoms. The second kappa shape index (κ2) is 6.24. The summed E-state index contributed by atoms with van der Waals surface area (Å²) in [4.78, 5) is 23.8. The monoisotopic (exact) mass is 293 g/mol. The summed E-state index contributed by atoms with van der Waals surface area (Å²) < 4.78 is 13.1. The van der Waals surface area contributed by atoms with Gasteiger partial charge in [-0.2, -0.15) is 0 Å².